The molecule has 0 saturated carbocycles. The Morgan fingerprint density at radius 2 is 2.06 bits per heavy atom. The quantitative estimate of drug-likeness (QED) is 0.214. The number of aryl methyl sites for hydroxylation is 1. The molecule has 0 aliphatic rings. The van der Waals surface area contributed by atoms with Crippen LogP contribution >= 0.6 is 11.6 Å². The van der Waals surface area contributed by atoms with Crippen LogP contribution in [0.4, 0.5) is 0 Å². The van der Waals surface area contributed by atoms with E-state index >= 15 is 0 Å². The summed E-state index contributed by atoms with van der Waals surface area (Å²) in [5.41, 5.74) is 9.20. The number of methoxy groups -OCH3 is 2. The predicted molar refractivity (Wildman–Crippen MR) is 135 cm³/mol. The first-order valence-corrected chi connectivity index (χ1v) is 11.1. The van der Waals surface area contributed by atoms with Crippen molar-refractivity contribution in [3.05, 3.63) is 75.4 Å². The summed E-state index contributed by atoms with van der Waals surface area (Å²) in [5.74, 6) is 0.702. The van der Waals surface area contributed by atoms with Crippen LogP contribution in [0.2, 0.25) is 5.02 Å². The third-order valence-corrected chi connectivity index (χ3v) is 5.04. The SMILES string of the molecule is CC/C(=C\C=C(/C)c1noc(C)c1C(=O)NC(N)=NCc1cc(Cl)cc(/C=C/COC)c1)OC. The summed E-state index contributed by atoms with van der Waals surface area (Å²) in [6, 6.07) is 5.57. The van der Waals surface area contributed by atoms with Crippen LogP contribution in [0.5, 0.6) is 0 Å². The number of halogens is 1. The first kappa shape index (κ1) is 26.9. The lowest BCUT2D eigenvalue weighted by molar-refractivity contribution is 0.0975. The van der Waals surface area contributed by atoms with Gasteiger partial charge in [-0.25, -0.2) is 4.99 Å². The minimum atomic E-state index is -0.455. The molecule has 0 fully saturated rings. The summed E-state index contributed by atoms with van der Waals surface area (Å²) in [6.07, 6.45) is 8.20. The first-order chi connectivity index (χ1) is 16.3. The van der Waals surface area contributed by atoms with Gasteiger partial charge in [0.25, 0.3) is 5.91 Å². The van der Waals surface area contributed by atoms with Crippen molar-refractivity contribution in [1.82, 2.24) is 10.5 Å². The number of aliphatic imine (C=N–C) groups is 1. The van der Waals surface area contributed by atoms with Crippen molar-refractivity contribution in [3.8, 4) is 0 Å². The Morgan fingerprint density at radius 1 is 1.29 bits per heavy atom. The third-order valence-electron chi connectivity index (χ3n) is 4.82. The van der Waals surface area contributed by atoms with Gasteiger partial charge < -0.3 is 19.7 Å². The Labute approximate surface area is 205 Å². The van der Waals surface area contributed by atoms with E-state index < -0.39 is 5.91 Å². The van der Waals surface area contributed by atoms with Gasteiger partial charge in [0.05, 0.1) is 26.0 Å². The standard InChI is InChI=1S/C25H31ClN4O4/c1-6-21(33-5)10-9-16(2)23-22(17(3)34-30-23)24(31)29-25(27)28-15-19-12-18(8-7-11-32-4)13-20(26)14-19/h7-10,12-14H,6,11,15H2,1-5H3,(H3,27,28,29,31)/b8-7+,16-9+,21-10+. The second-order valence-corrected chi connectivity index (χ2v) is 7.85. The fraction of sp³-hybridized carbons (Fsp3) is 0.320. The fourth-order valence-electron chi connectivity index (χ4n) is 3.07. The second-order valence-electron chi connectivity index (χ2n) is 7.41. The molecule has 1 heterocycles. The van der Waals surface area contributed by atoms with Crippen molar-refractivity contribution in [3.63, 3.8) is 0 Å². The lowest BCUT2D eigenvalue weighted by Gasteiger charge is -2.06. The van der Waals surface area contributed by atoms with Gasteiger partial charge in [0.2, 0.25) is 0 Å². The maximum atomic E-state index is 12.9. The number of aromatic nitrogens is 1. The molecule has 0 unspecified atom stereocenters. The minimum absolute atomic E-state index is 0.0258. The molecule has 2 aromatic rings. The van der Waals surface area contributed by atoms with Gasteiger partial charge in [-0.1, -0.05) is 41.9 Å². The normalized spacial score (nSPS) is 12.9. The van der Waals surface area contributed by atoms with E-state index in [9.17, 15) is 4.79 Å². The highest BCUT2D eigenvalue weighted by molar-refractivity contribution is 6.30. The van der Waals surface area contributed by atoms with Crippen LogP contribution in [0, 0.1) is 6.92 Å². The number of carbonyl (C=O) groups is 1. The molecule has 0 bridgehead atoms. The number of nitrogens with one attached hydrogen (secondary N) is 1. The number of benzene rings is 1. The van der Waals surface area contributed by atoms with Gasteiger partial charge >= 0.3 is 0 Å². The van der Waals surface area contributed by atoms with Crippen molar-refractivity contribution in [1.29, 1.82) is 0 Å². The van der Waals surface area contributed by atoms with Crippen LogP contribution in [0.1, 0.15) is 53.2 Å². The fourth-order valence-corrected chi connectivity index (χ4v) is 3.34. The van der Waals surface area contributed by atoms with Gasteiger partial charge in [0.1, 0.15) is 17.0 Å². The van der Waals surface area contributed by atoms with E-state index in [0.717, 1.165) is 28.9 Å². The van der Waals surface area contributed by atoms with Crippen LogP contribution in [0.25, 0.3) is 11.6 Å². The molecular formula is C25H31ClN4O4. The number of hydrogen-bond donors (Lipinski definition) is 2. The number of ether oxygens (including phenoxy) is 2. The predicted octanol–water partition coefficient (Wildman–Crippen LogP) is 4.88. The van der Waals surface area contributed by atoms with E-state index in [0.29, 0.717) is 28.6 Å². The summed E-state index contributed by atoms with van der Waals surface area (Å²) in [5, 5.41) is 7.21. The van der Waals surface area contributed by atoms with Crippen LogP contribution in [-0.4, -0.2) is 37.8 Å². The molecule has 0 radical (unpaired) electrons. The first-order valence-electron chi connectivity index (χ1n) is 10.7. The molecule has 3 N–H and O–H groups in total. The number of nitrogens with zero attached hydrogens (tertiary/aromatic N) is 2. The molecule has 1 aromatic heterocycles. The highest BCUT2D eigenvalue weighted by atomic mass is 35.5. The topological polar surface area (TPSA) is 112 Å². The Bertz CT molecular complexity index is 1110. The molecule has 182 valence electrons. The Kier molecular flexibility index (Phi) is 10.6. The highest BCUT2D eigenvalue weighted by Crippen LogP contribution is 2.22. The lowest BCUT2D eigenvalue weighted by atomic mass is 10.1. The molecule has 0 aliphatic carbocycles. The molecule has 0 atom stereocenters. The summed E-state index contributed by atoms with van der Waals surface area (Å²) in [6.45, 7) is 6.23. The number of rotatable bonds is 10. The molecule has 0 saturated heterocycles. The maximum absolute atomic E-state index is 12.9. The van der Waals surface area contributed by atoms with Crippen molar-refractivity contribution >= 4 is 35.1 Å². The molecule has 1 aromatic carbocycles. The molecule has 0 aliphatic heterocycles. The van der Waals surface area contributed by atoms with E-state index in [1.165, 1.54) is 0 Å². The van der Waals surface area contributed by atoms with Gasteiger partial charge in [-0.05, 0) is 54.8 Å². The molecule has 8 nitrogen and oxygen atoms in total. The lowest BCUT2D eigenvalue weighted by Crippen LogP contribution is -2.37. The number of hydrogen-bond acceptors (Lipinski definition) is 6. The van der Waals surface area contributed by atoms with Gasteiger partial charge in [-0.15, -0.1) is 0 Å². The summed E-state index contributed by atoms with van der Waals surface area (Å²) in [4.78, 5) is 17.2. The van der Waals surface area contributed by atoms with Gasteiger partial charge in [0, 0.05) is 18.6 Å². The van der Waals surface area contributed by atoms with Gasteiger partial charge in [-0.3, -0.25) is 10.1 Å². The van der Waals surface area contributed by atoms with Crippen molar-refractivity contribution < 1.29 is 18.8 Å². The number of allylic oxidation sites excluding steroid dienone is 4. The summed E-state index contributed by atoms with van der Waals surface area (Å²) in [7, 11) is 3.24. The molecule has 9 heteroatoms. The zero-order valence-electron chi connectivity index (χ0n) is 20.1. The zero-order valence-corrected chi connectivity index (χ0v) is 20.9. The largest absolute Gasteiger partial charge is 0.501 e. The Hall–Kier alpha value is -3.36. The molecule has 2 rings (SSSR count). The number of amides is 1. The second kappa shape index (κ2) is 13.4. The zero-order chi connectivity index (χ0) is 25.1. The molecule has 0 spiro atoms. The monoisotopic (exact) mass is 486 g/mol. The Morgan fingerprint density at radius 3 is 2.74 bits per heavy atom. The van der Waals surface area contributed by atoms with Crippen LogP contribution in [-0.2, 0) is 16.0 Å². The van der Waals surface area contributed by atoms with Crippen molar-refractivity contribution in [2.75, 3.05) is 20.8 Å². The van der Waals surface area contributed by atoms with E-state index in [-0.39, 0.29) is 12.5 Å². The van der Waals surface area contributed by atoms with Crippen molar-refractivity contribution in [2.24, 2.45) is 10.7 Å². The number of carbonyl (C=O) groups excluding carboxylic acids is 1. The molecule has 34 heavy (non-hydrogen) atoms. The van der Waals surface area contributed by atoms with E-state index in [2.05, 4.69) is 15.5 Å². The van der Waals surface area contributed by atoms with Crippen molar-refractivity contribution in [2.45, 2.75) is 33.7 Å². The smallest absolute Gasteiger partial charge is 0.263 e. The van der Waals surface area contributed by atoms with E-state index in [4.69, 9.17) is 31.3 Å². The van der Waals surface area contributed by atoms with Gasteiger partial charge in [0.15, 0.2) is 5.96 Å². The number of guanidine groups is 1. The average Bonchev–Trinajstić information content (AvgIpc) is 3.19. The van der Waals surface area contributed by atoms with Crippen LogP contribution < -0.4 is 11.1 Å². The summed E-state index contributed by atoms with van der Waals surface area (Å²) >= 11 is 6.21. The van der Waals surface area contributed by atoms with Crippen LogP contribution in [0.3, 0.4) is 0 Å². The van der Waals surface area contributed by atoms with E-state index in [1.54, 1.807) is 27.2 Å². The van der Waals surface area contributed by atoms with Crippen LogP contribution in [0.15, 0.2) is 51.7 Å². The minimum Gasteiger partial charge on any atom is -0.501 e. The molecular weight excluding hydrogens is 456 g/mol. The van der Waals surface area contributed by atoms with E-state index in [1.807, 2.05) is 50.3 Å². The average molecular weight is 487 g/mol. The van der Waals surface area contributed by atoms with Gasteiger partial charge in [-0.2, -0.15) is 0 Å². The third kappa shape index (κ3) is 7.90. The maximum Gasteiger partial charge on any atom is 0.263 e. The summed E-state index contributed by atoms with van der Waals surface area (Å²) < 4.78 is 15.5. The number of nitrogens with two attached hydrogens (primary N) is 1. The Balaban J connectivity index is 2.16. The molecule has 1 amide bonds. The highest BCUT2D eigenvalue weighted by Gasteiger charge is 2.21.